The molecule has 0 radical (unpaired) electrons. The van der Waals surface area contributed by atoms with Gasteiger partial charge in [-0.2, -0.15) is 0 Å². The molecule has 1 fully saturated rings. The Labute approximate surface area is 287 Å². The Kier molecular flexibility index (Phi) is 9.20. The minimum absolute atomic E-state index is 0.0139. The number of carbonyl (C=O) groups excluding carboxylic acids is 1. The largest absolute Gasteiger partial charge is 0.356 e. The lowest BCUT2D eigenvalue weighted by Crippen LogP contribution is -2.46. The van der Waals surface area contributed by atoms with E-state index in [1.807, 2.05) is 18.2 Å². The first-order valence-corrected chi connectivity index (χ1v) is 17.0. The number of halogens is 2. The van der Waals surface area contributed by atoms with Crippen LogP contribution in [0.4, 0.5) is 8.78 Å². The number of aromatic nitrogens is 3. The Bertz CT molecular complexity index is 2140. The molecule has 4 heterocycles. The van der Waals surface area contributed by atoms with Gasteiger partial charge in [0.1, 0.15) is 23.5 Å². The fraction of sp³-hybridized carbons (Fsp3) is 0.316. The Hall–Kier alpha value is -5.36. The summed E-state index contributed by atoms with van der Waals surface area (Å²) in [5.41, 5.74) is 2.84. The third-order valence-electron chi connectivity index (χ3n) is 9.50. The monoisotopic (exact) mass is 679 g/mol. The van der Waals surface area contributed by atoms with Gasteiger partial charge in [0.25, 0.3) is 11.5 Å². The second-order valence-electron chi connectivity index (χ2n) is 13.4. The van der Waals surface area contributed by atoms with Crippen molar-refractivity contribution in [3.8, 4) is 16.8 Å². The molecule has 1 amide bonds. The van der Waals surface area contributed by atoms with Gasteiger partial charge in [-0.15, -0.1) is 0 Å². The van der Waals surface area contributed by atoms with E-state index < -0.39 is 28.9 Å². The zero-order chi connectivity index (χ0) is 34.9. The molecule has 3 aliphatic rings. The molecule has 2 aromatic heterocycles. The Morgan fingerprint density at radius 1 is 1.00 bits per heavy atom. The Balaban J connectivity index is 1.13. The summed E-state index contributed by atoms with van der Waals surface area (Å²) in [7, 11) is 0. The van der Waals surface area contributed by atoms with Gasteiger partial charge in [-0.05, 0) is 85.7 Å². The predicted octanol–water partition coefficient (Wildman–Crippen LogP) is 4.95. The van der Waals surface area contributed by atoms with E-state index in [-0.39, 0.29) is 29.1 Å². The minimum Gasteiger partial charge on any atom is -0.356 e. The number of fused-ring (bicyclic) bond motifs is 2. The zero-order valence-corrected chi connectivity index (χ0v) is 27.9. The molecule has 2 aromatic carbocycles. The summed E-state index contributed by atoms with van der Waals surface area (Å²) in [6, 6.07) is 16.7. The van der Waals surface area contributed by atoms with E-state index >= 15 is 0 Å². The van der Waals surface area contributed by atoms with Crippen LogP contribution in [0.25, 0.3) is 27.8 Å². The smallest absolute Gasteiger partial charge is 0.337 e. The molecule has 4 aromatic rings. The second kappa shape index (κ2) is 13.9. The average Bonchev–Trinajstić information content (AvgIpc) is 3.53. The van der Waals surface area contributed by atoms with Crippen LogP contribution in [0.5, 0.6) is 0 Å². The highest BCUT2D eigenvalue weighted by Crippen LogP contribution is 2.29. The molecular weight excluding hydrogens is 640 g/mol. The molecule has 2 aliphatic heterocycles. The van der Waals surface area contributed by atoms with Crippen LogP contribution in [-0.4, -0.2) is 49.7 Å². The van der Waals surface area contributed by atoms with Gasteiger partial charge < -0.3 is 20.9 Å². The predicted molar refractivity (Wildman–Crippen MR) is 188 cm³/mol. The fourth-order valence-electron chi connectivity index (χ4n) is 6.93. The maximum Gasteiger partial charge on any atom is 0.337 e. The van der Waals surface area contributed by atoms with Crippen molar-refractivity contribution in [2.75, 3.05) is 6.54 Å². The highest BCUT2D eigenvalue weighted by atomic mass is 19.1. The van der Waals surface area contributed by atoms with Crippen molar-refractivity contribution in [1.82, 2.24) is 35.0 Å². The average molecular weight is 680 g/mol. The number of nitrogens with zero attached hydrogens (tertiary/aromatic N) is 4. The van der Waals surface area contributed by atoms with Crippen molar-refractivity contribution in [2.24, 2.45) is 0 Å². The maximum absolute atomic E-state index is 14.5. The zero-order valence-electron chi connectivity index (χ0n) is 27.9. The number of nitrogens with one attached hydrogen (secondary N) is 3. The van der Waals surface area contributed by atoms with E-state index in [0.29, 0.717) is 43.1 Å². The first-order chi connectivity index (χ1) is 24.1. The summed E-state index contributed by atoms with van der Waals surface area (Å²) < 4.78 is 30.7. The second-order valence-corrected chi connectivity index (χ2v) is 13.4. The van der Waals surface area contributed by atoms with Gasteiger partial charge >= 0.3 is 5.69 Å². The van der Waals surface area contributed by atoms with Crippen molar-refractivity contribution in [1.29, 1.82) is 0 Å². The van der Waals surface area contributed by atoms with Crippen molar-refractivity contribution < 1.29 is 13.6 Å². The van der Waals surface area contributed by atoms with Crippen LogP contribution in [0, 0.1) is 5.82 Å². The van der Waals surface area contributed by atoms with E-state index in [1.54, 1.807) is 23.2 Å². The molecule has 10 nitrogen and oxygen atoms in total. The summed E-state index contributed by atoms with van der Waals surface area (Å²) in [4.78, 5) is 46.9. The van der Waals surface area contributed by atoms with E-state index in [4.69, 9.17) is 0 Å². The fourth-order valence-corrected chi connectivity index (χ4v) is 6.93. The van der Waals surface area contributed by atoms with E-state index in [0.717, 1.165) is 36.4 Å². The van der Waals surface area contributed by atoms with Crippen molar-refractivity contribution in [3.05, 3.63) is 129 Å². The van der Waals surface area contributed by atoms with Gasteiger partial charge in [0, 0.05) is 30.5 Å². The number of rotatable bonds is 9. The van der Waals surface area contributed by atoms with Crippen molar-refractivity contribution >= 4 is 16.9 Å². The summed E-state index contributed by atoms with van der Waals surface area (Å²) >= 11 is 0. The molecule has 0 spiro atoms. The lowest BCUT2D eigenvalue weighted by molar-refractivity contribution is -0.118. The van der Waals surface area contributed by atoms with Gasteiger partial charge in [-0.25, -0.2) is 23.1 Å². The third-order valence-corrected chi connectivity index (χ3v) is 9.50. The molecular formula is C38H39F2N7O3. The van der Waals surface area contributed by atoms with Crippen LogP contribution in [0.2, 0.25) is 0 Å². The van der Waals surface area contributed by atoms with Gasteiger partial charge in [0.2, 0.25) is 0 Å². The molecule has 12 heteroatoms. The number of benzene rings is 2. The highest BCUT2D eigenvalue weighted by molar-refractivity contribution is 5.93. The normalized spacial score (nSPS) is 20.0. The molecule has 50 heavy (non-hydrogen) atoms. The Morgan fingerprint density at radius 2 is 1.78 bits per heavy atom. The van der Waals surface area contributed by atoms with Crippen molar-refractivity contribution in [2.45, 2.75) is 70.2 Å². The molecule has 1 unspecified atom stereocenters. The molecule has 1 aliphatic carbocycles. The maximum atomic E-state index is 14.5. The van der Waals surface area contributed by atoms with Crippen LogP contribution in [0.15, 0.2) is 106 Å². The number of carbonyl (C=O) groups is 1. The topological polar surface area (TPSA) is 113 Å². The van der Waals surface area contributed by atoms with Gasteiger partial charge in [0.05, 0.1) is 17.3 Å². The SMILES string of the molecule is CC(C)NCCc1ccc(-c2cccc(-n3c(=O)n([C@H]4CC[C@@H](NC(=O)C5=CN6C=C(F)C=CC6N5)CC4)c(=O)c4cc(F)cnc43)c2)cc1. The van der Waals surface area contributed by atoms with Crippen LogP contribution in [0.3, 0.4) is 0 Å². The molecule has 0 saturated heterocycles. The van der Waals surface area contributed by atoms with Crippen LogP contribution >= 0.6 is 0 Å². The third kappa shape index (κ3) is 6.75. The quantitative estimate of drug-likeness (QED) is 0.230. The standard InChI is InChI=1S/C38H39F2N7O3/c1-23(2)41-17-16-24-6-8-25(9-7-24)26-4-3-5-31(18-26)46-35-32(19-28(40)20-42-35)37(49)47(38(46)50)30-13-11-29(12-14-30)43-36(48)33-22-45-21-27(39)10-15-34(45)44-33/h3-10,15,18-23,29-30,34,41,44H,11-14,16-17H2,1-2H3,(H,43,48)/t29-,30+,34?. The van der Waals surface area contributed by atoms with E-state index in [1.165, 1.54) is 27.0 Å². The summed E-state index contributed by atoms with van der Waals surface area (Å²) in [5, 5.41) is 9.54. The Morgan fingerprint density at radius 3 is 2.54 bits per heavy atom. The van der Waals surface area contributed by atoms with Crippen LogP contribution in [0.1, 0.15) is 51.1 Å². The molecule has 0 bridgehead atoms. The summed E-state index contributed by atoms with van der Waals surface area (Å²) in [6.07, 6.45) is 9.40. The van der Waals surface area contributed by atoms with Crippen LogP contribution in [-0.2, 0) is 11.2 Å². The lowest BCUT2D eigenvalue weighted by Gasteiger charge is -2.30. The lowest BCUT2D eigenvalue weighted by atomic mass is 9.90. The van der Waals surface area contributed by atoms with E-state index in [9.17, 15) is 23.2 Å². The number of amides is 1. The first kappa shape index (κ1) is 33.2. The minimum atomic E-state index is -0.671. The highest BCUT2D eigenvalue weighted by Gasteiger charge is 2.31. The van der Waals surface area contributed by atoms with E-state index in [2.05, 4.69) is 59.0 Å². The van der Waals surface area contributed by atoms with Crippen molar-refractivity contribution in [3.63, 3.8) is 0 Å². The van der Waals surface area contributed by atoms with Gasteiger partial charge in [0.15, 0.2) is 5.65 Å². The molecule has 3 N–H and O–H groups in total. The number of allylic oxidation sites excluding steroid dienone is 2. The molecule has 258 valence electrons. The first-order valence-electron chi connectivity index (χ1n) is 17.0. The molecule has 1 saturated carbocycles. The van der Waals surface area contributed by atoms with Crippen LogP contribution < -0.4 is 27.2 Å². The number of pyridine rings is 1. The number of hydrogen-bond donors (Lipinski definition) is 3. The van der Waals surface area contributed by atoms with Gasteiger partial charge in [-0.3, -0.25) is 14.2 Å². The summed E-state index contributed by atoms with van der Waals surface area (Å²) in [6.45, 7) is 5.12. The van der Waals surface area contributed by atoms with Gasteiger partial charge in [-0.1, -0.05) is 50.2 Å². The molecule has 1 atom stereocenters. The summed E-state index contributed by atoms with van der Waals surface area (Å²) in [5.74, 6) is -1.38. The number of hydrogen-bond acceptors (Lipinski definition) is 7. The molecule has 7 rings (SSSR count).